The Morgan fingerprint density at radius 3 is 2.15 bits per heavy atom. The molecule has 4 nitrogen and oxygen atoms in total. The zero-order valence-corrected chi connectivity index (χ0v) is 15.6. The van der Waals surface area contributed by atoms with Gasteiger partial charge in [-0.05, 0) is 56.9 Å². The Morgan fingerprint density at radius 2 is 1.54 bits per heavy atom. The van der Waals surface area contributed by atoms with Gasteiger partial charge in [0.15, 0.2) is 6.61 Å². The Balaban J connectivity index is 1.36. The van der Waals surface area contributed by atoms with Crippen molar-refractivity contribution in [3.8, 4) is 11.5 Å². The minimum atomic E-state index is 0.0625. The molecule has 1 fully saturated rings. The molecule has 0 saturated carbocycles. The fraction of sp³-hybridized carbons (Fsp3) is 0.409. The van der Waals surface area contributed by atoms with Gasteiger partial charge in [-0.2, -0.15) is 0 Å². The summed E-state index contributed by atoms with van der Waals surface area (Å²) in [6, 6.07) is 15.9. The van der Waals surface area contributed by atoms with Crippen molar-refractivity contribution in [3.63, 3.8) is 0 Å². The van der Waals surface area contributed by atoms with Gasteiger partial charge in [-0.1, -0.05) is 35.4 Å². The Bertz CT molecular complexity index is 709. The van der Waals surface area contributed by atoms with Crippen molar-refractivity contribution in [3.05, 3.63) is 59.7 Å². The van der Waals surface area contributed by atoms with Gasteiger partial charge in [-0.3, -0.25) is 4.79 Å². The van der Waals surface area contributed by atoms with Crippen LogP contribution in [0.3, 0.4) is 0 Å². The van der Waals surface area contributed by atoms with Crippen molar-refractivity contribution in [2.45, 2.75) is 26.7 Å². The second-order valence-electron chi connectivity index (χ2n) is 7.05. The molecule has 1 unspecified atom stereocenters. The van der Waals surface area contributed by atoms with Gasteiger partial charge in [0.2, 0.25) is 0 Å². The van der Waals surface area contributed by atoms with E-state index in [-0.39, 0.29) is 12.5 Å². The largest absolute Gasteiger partial charge is 0.494 e. The van der Waals surface area contributed by atoms with Crippen molar-refractivity contribution < 1.29 is 14.3 Å². The molecule has 0 bridgehead atoms. The third-order valence-corrected chi connectivity index (χ3v) is 4.84. The van der Waals surface area contributed by atoms with Gasteiger partial charge in [0.05, 0.1) is 6.61 Å². The number of hydrogen-bond donors (Lipinski definition) is 0. The van der Waals surface area contributed by atoms with E-state index in [1.54, 1.807) is 0 Å². The molecule has 2 aromatic rings. The predicted octanol–water partition coefficient (Wildman–Crippen LogP) is 4.00. The molecule has 26 heavy (non-hydrogen) atoms. The van der Waals surface area contributed by atoms with E-state index in [1.165, 1.54) is 11.1 Å². The van der Waals surface area contributed by atoms with E-state index in [1.807, 2.05) is 48.2 Å². The molecule has 0 radical (unpaired) electrons. The van der Waals surface area contributed by atoms with Gasteiger partial charge in [0.25, 0.3) is 5.91 Å². The van der Waals surface area contributed by atoms with Gasteiger partial charge in [-0.25, -0.2) is 0 Å². The van der Waals surface area contributed by atoms with Crippen LogP contribution in [-0.2, 0) is 4.79 Å². The third kappa shape index (κ3) is 5.25. The molecule has 1 aliphatic rings. The van der Waals surface area contributed by atoms with Crippen molar-refractivity contribution in [2.75, 3.05) is 26.3 Å². The molecule has 1 amide bonds. The molecule has 0 N–H and O–H groups in total. The maximum atomic E-state index is 12.3. The lowest BCUT2D eigenvalue weighted by Gasteiger charge is -2.17. The molecule has 0 aliphatic carbocycles. The average molecular weight is 353 g/mol. The number of ether oxygens (including phenoxy) is 2. The van der Waals surface area contributed by atoms with E-state index in [2.05, 4.69) is 19.1 Å². The lowest BCUT2D eigenvalue weighted by atomic mass is 10.1. The topological polar surface area (TPSA) is 38.8 Å². The van der Waals surface area contributed by atoms with Gasteiger partial charge in [0.1, 0.15) is 11.5 Å². The quantitative estimate of drug-likeness (QED) is 0.755. The van der Waals surface area contributed by atoms with Crippen molar-refractivity contribution in [2.24, 2.45) is 5.92 Å². The Labute approximate surface area is 155 Å². The highest BCUT2D eigenvalue weighted by Gasteiger charge is 2.26. The molecule has 4 heteroatoms. The van der Waals surface area contributed by atoms with E-state index < -0.39 is 0 Å². The first kappa shape index (κ1) is 18.3. The van der Waals surface area contributed by atoms with E-state index in [9.17, 15) is 4.79 Å². The minimum Gasteiger partial charge on any atom is -0.494 e. The minimum absolute atomic E-state index is 0.0625. The molecule has 1 heterocycles. The maximum Gasteiger partial charge on any atom is 0.260 e. The van der Waals surface area contributed by atoms with Gasteiger partial charge < -0.3 is 14.4 Å². The summed E-state index contributed by atoms with van der Waals surface area (Å²) in [5.41, 5.74) is 2.41. The van der Waals surface area contributed by atoms with Crippen molar-refractivity contribution in [1.29, 1.82) is 0 Å². The fourth-order valence-corrected chi connectivity index (χ4v) is 3.14. The van der Waals surface area contributed by atoms with Crippen LogP contribution in [0.2, 0.25) is 0 Å². The molecule has 0 spiro atoms. The SMILES string of the molecule is Cc1ccc(OCCC2CCN(C(=O)COc3ccc(C)cc3)C2)cc1. The highest BCUT2D eigenvalue weighted by atomic mass is 16.5. The lowest BCUT2D eigenvalue weighted by molar-refractivity contribution is -0.132. The number of amides is 1. The van der Waals surface area contributed by atoms with Crippen LogP contribution in [0, 0.1) is 19.8 Å². The molecule has 1 saturated heterocycles. The Morgan fingerprint density at radius 1 is 0.962 bits per heavy atom. The molecule has 3 rings (SSSR count). The number of aryl methyl sites for hydroxylation is 2. The summed E-state index contributed by atoms with van der Waals surface area (Å²) in [6.07, 6.45) is 2.00. The van der Waals surface area contributed by atoms with E-state index in [0.29, 0.717) is 12.5 Å². The summed E-state index contributed by atoms with van der Waals surface area (Å²) >= 11 is 0. The van der Waals surface area contributed by atoms with Crippen LogP contribution in [0.4, 0.5) is 0 Å². The lowest BCUT2D eigenvalue weighted by Crippen LogP contribution is -2.33. The van der Waals surface area contributed by atoms with Crippen LogP contribution in [0.25, 0.3) is 0 Å². The van der Waals surface area contributed by atoms with Gasteiger partial charge >= 0.3 is 0 Å². The van der Waals surface area contributed by atoms with Crippen LogP contribution in [0.15, 0.2) is 48.5 Å². The molecule has 138 valence electrons. The Hall–Kier alpha value is -2.49. The van der Waals surface area contributed by atoms with Crippen LogP contribution < -0.4 is 9.47 Å². The first-order chi connectivity index (χ1) is 12.6. The first-order valence-electron chi connectivity index (χ1n) is 9.27. The smallest absolute Gasteiger partial charge is 0.260 e. The summed E-state index contributed by atoms with van der Waals surface area (Å²) in [7, 11) is 0. The Kier molecular flexibility index (Phi) is 6.16. The number of carbonyl (C=O) groups is 1. The normalized spacial score (nSPS) is 16.5. The second kappa shape index (κ2) is 8.75. The summed E-state index contributed by atoms with van der Waals surface area (Å²) < 4.78 is 11.4. The van der Waals surface area contributed by atoms with E-state index >= 15 is 0 Å². The van der Waals surface area contributed by atoms with Crippen LogP contribution in [0.5, 0.6) is 11.5 Å². The number of benzene rings is 2. The van der Waals surface area contributed by atoms with Gasteiger partial charge in [-0.15, -0.1) is 0 Å². The summed E-state index contributed by atoms with van der Waals surface area (Å²) in [5.74, 6) is 2.22. The molecule has 1 atom stereocenters. The van der Waals surface area contributed by atoms with E-state index in [0.717, 1.165) is 37.4 Å². The van der Waals surface area contributed by atoms with Crippen molar-refractivity contribution >= 4 is 5.91 Å². The highest BCUT2D eigenvalue weighted by molar-refractivity contribution is 5.78. The monoisotopic (exact) mass is 353 g/mol. The van der Waals surface area contributed by atoms with Crippen LogP contribution >= 0.6 is 0 Å². The van der Waals surface area contributed by atoms with Crippen LogP contribution in [0.1, 0.15) is 24.0 Å². The fourth-order valence-electron chi connectivity index (χ4n) is 3.14. The number of carbonyl (C=O) groups excluding carboxylic acids is 1. The first-order valence-corrected chi connectivity index (χ1v) is 9.27. The highest BCUT2D eigenvalue weighted by Crippen LogP contribution is 2.21. The standard InChI is InChI=1S/C22H27NO3/c1-17-3-7-20(8-4-17)25-14-12-19-11-13-23(15-19)22(24)16-26-21-9-5-18(2)6-10-21/h3-10,19H,11-16H2,1-2H3. The van der Waals surface area contributed by atoms with Crippen molar-refractivity contribution in [1.82, 2.24) is 4.90 Å². The molecule has 1 aliphatic heterocycles. The zero-order chi connectivity index (χ0) is 18.4. The summed E-state index contributed by atoms with van der Waals surface area (Å²) in [5, 5.41) is 0. The van der Waals surface area contributed by atoms with E-state index in [4.69, 9.17) is 9.47 Å². The maximum absolute atomic E-state index is 12.3. The average Bonchev–Trinajstić information content (AvgIpc) is 3.12. The van der Waals surface area contributed by atoms with Crippen LogP contribution in [-0.4, -0.2) is 37.1 Å². The summed E-state index contributed by atoms with van der Waals surface area (Å²) in [6.45, 7) is 6.50. The number of likely N-dealkylation sites (tertiary alicyclic amines) is 1. The second-order valence-corrected chi connectivity index (χ2v) is 7.05. The summed E-state index contributed by atoms with van der Waals surface area (Å²) in [4.78, 5) is 14.2. The zero-order valence-electron chi connectivity index (χ0n) is 15.6. The number of hydrogen-bond acceptors (Lipinski definition) is 3. The predicted molar refractivity (Wildman–Crippen MR) is 103 cm³/mol. The molecular weight excluding hydrogens is 326 g/mol. The number of nitrogens with zero attached hydrogens (tertiary/aromatic N) is 1. The number of rotatable bonds is 7. The molecular formula is C22H27NO3. The molecule has 0 aromatic heterocycles. The third-order valence-electron chi connectivity index (χ3n) is 4.84. The van der Waals surface area contributed by atoms with Gasteiger partial charge in [0, 0.05) is 13.1 Å². The molecule has 2 aromatic carbocycles.